The van der Waals surface area contributed by atoms with E-state index in [1.54, 1.807) is 6.07 Å². The van der Waals surface area contributed by atoms with E-state index in [4.69, 9.17) is 5.11 Å². The fraction of sp³-hybridized carbons (Fsp3) is 0.400. The lowest BCUT2D eigenvalue weighted by Gasteiger charge is -2.09. The van der Waals surface area contributed by atoms with E-state index in [-0.39, 0.29) is 18.3 Å². The Balaban J connectivity index is 2.55. The van der Waals surface area contributed by atoms with Crippen LogP contribution < -0.4 is 0 Å². The third-order valence-electron chi connectivity index (χ3n) is 2.62. The Morgan fingerprint density at radius 2 is 2.31 bits per heavy atom. The average molecular weight is 245 g/mol. The summed E-state index contributed by atoms with van der Waals surface area (Å²) in [7, 11) is 0. The Hall–Kier alpha value is -0.410. The van der Waals surface area contributed by atoms with Crippen molar-refractivity contribution in [1.82, 2.24) is 0 Å². The van der Waals surface area contributed by atoms with Crippen LogP contribution in [0.4, 0.5) is 4.39 Å². The van der Waals surface area contributed by atoms with Gasteiger partial charge < -0.3 is 5.11 Å². The van der Waals surface area contributed by atoms with Gasteiger partial charge >= 0.3 is 0 Å². The number of aliphatic hydroxyl groups excluding tert-OH is 1. The highest BCUT2D eigenvalue weighted by molar-refractivity contribution is 9.10. The first-order valence-electron chi connectivity index (χ1n) is 4.31. The highest BCUT2D eigenvalue weighted by Gasteiger charge is 2.26. The van der Waals surface area contributed by atoms with Crippen molar-refractivity contribution in [2.75, 3.05) is 6.61 Å². The molecular formula is C10H10BrFO. The maximum Gasteiger partial charge on any atom is 0.127 e. The van der Waals surface area contributed by atoms with Crippen molar-refractivity contribution in [2.45, 2.75) is 18.8 Å². The first-order chi connectivity index (χ1) is 6.24. The van der Waals surface area contributed by atoms with Crippen LogP contribution in [-0.4, -0.2) is 11.7 Å². The molecular weight excluding hydrogens is 235 g/mol. The minimum Gasteiger partial charge on any atom is -0.396 e. The molecule has 0 unspecified atom stereocenters. The number of rotatable bonds is 1. The largest absolute Gasteiger partial charge is 0.396 e. The average Bonchev–Trinajstić information content (AvgIpc) is 2.56. The Morgan fingerprint density at radius 1 is 1.54 bits per heavy atom. The standard InChI is InChI=1S/C10H10BrFO/c11-8-3-4-9(12)10-6(5-13)1-2-7(8)10/h3-4,6,13H,1-2,5H2/t6-/m1/s1. The fourth-order valence-corrected chi connectivity index (χ4v) is 2.49. The first kappa shape index (κ1) is 9.16. The van der Waals surface area contributed by atoms with E-state index in [1.165, 1.54) is 6.07 Å². The minimum absolute atomic E-state index is 0.00694. The summed E-state index contributed by atoms with van der Waals surface area (Å²) in [6.07, 6.45) is 1.71. The quantitative estimate of drug-likeness (QED) is 0.806. The molecule has 1 N–H and O–H groups in total. The zero-order chi connectivity index (χ0) is 9.42. The lowest BCUT2D eigenvalue weighted by atomic mass is 10.0. The molecule has 0 aromatic heterocycles. The van der Waals surface area contributed by atoms with Crippen molar-refractivity contribution >= 4 is 15.9 Å². The van der Waals surface area contributed by atoms with E-state index in [1.807, 2.05) is 0 Å². The highest BCUT2D eigenvalue weighted by atomic mass is 79.9. The van der Waals surface area contributed by atoms with Gasteiger partial charge in [-0.05, 0) is 36.1 Å². The molecule has 0 spiro atoms. The second-order valence-electron chi connectivity index (χ2n) is 3.34. The topological polar surface area (TPSA) is 20.2 Å². The Kier molecular flexibility index (Phi) is 2.39. The van der Waals surface area contributed by atoms with Gasteiger partial charge in [-0.25, -0.2) is 4.39 Å². The van der Waals surface area contributed by atoms with Crippen LogP contribution in [0, 0.1) is 5.82 Å². The maximum atomic E-state index is 13.4. The summed E-state index contributed by atoms with van der Waals surface area (Å²) < 4.78 is 14.3. The van der Waals surface area contributed by atoms with E-state index >= 15 is 0 Å². The predicted octanol–water partition coefficient (Wildman–Crippen LogP) is 2.61. The SMILES string of the molecule is OC[C@H]1CCc2c(Br)ccc(F)c21. The van der Waals surface area contributed by atoms with Crippen LogP contribution in [0.15, 0.2) is 16.6 Å². The molecule has 0 amide bonds. The van der Waals surface area contributed by atoms with Crippen molar-refractivity contribution in [3.05, 3.63) is 33.5 Å². The van der Waals surface area contributed by atoms with Gasteiger partial charge in [0.05, 0.1) is 6.61 Å². The van der Waals surface area contributed by atoms with Gasteiger partial charge in [0.15, 0.2) is 0 Å². The van der Waals surface area contributed by atoms with Gasteiger partial charge in [0.25, 0.3) is 0 Å². The minimum atomic E-state index is -0.185. The molecule has 0 radical (unpaired) electrons. The second kappa shape index (κ2) is 3.39. The van der Waals surface area contributed by atoms with Crippen LogP contribution in [0.3, 0.4) is 0 Å². The summed E-state index contributed by atoms with van der Waals surface area (Å²) >= 11 is 3.39. The van der Waals surface area contributed by atoms with Crippen LogP contribution in [0.1, 0.15) is 23.5 Å². The fourth-order valence-electron chi connectivity index (χ4n) is 1.95. The number of aliphatic hydroxyl groups is 1. The smallest absolute Gasteiger partial charge is 0.127 e. The monoisotopic (exact) mass is 244 g/mol. The normalized spacial score (nSPS) is 20.4. The van der Waals surface area contributed by atoms with Crippen molar-refractivity contribution in [1.29, 1.82) is 0 Å². The molecule has 1 aromatic rings. The van der Waals surface area contributed by atoms with E-state index in [0.717, 1.165) is 22.9 Å². The van der Waals surface area contributed by atoms with Crippen molar-refractivity contribution in [3.63, 3.8) is 0 Å². The van der Waals surface area contributed by atoms with Gasteiger partial charge in [-0.2, -0.15) is 0 Å². The third-order valence-corrected chi connectivity index (χ3v) is 3.36. The molecule has 1 nitrogen and oxygen atoms in total. The molecule has 0 bridgehead atoms. The zero-order valence-electron chi connectivity index (χ0n) is 7.06. The third kappa shape index (κ3) is 1.40. The number of halogens is 2. The van der Waals surface area contributed by atoms with Gasteiger partial charge in [-0.1, -0.05) is 15.9 Å². The van der Waals surface area contributed by atoms with Crippen LogP contribution in [0.25, 0.3) is 0 Å². The maximum absolute atomic E-state index is 13.4. The lowest BCUT2D eigenvalue weighted by molar-refractivity contribution is 0.262. The molecule has 0 aliphatic heterocycles. The molecule has 3 heteroatoms. The first-order valence-corrected chi connectivity index (χ1v) is 5.11. The Morgan fingerprint density at radius 3 is 3.00 bits per heavy atom. The molecule has 0 saturated carbocycles. The van der Waals surface area contributed by atoms with Gasteiger partial charge in [-0.3, -0.25) is 0 Å². The number of hydrogen-bond acceptors (Lipinski definition) is 1. The molecule has 1 aliphatic carbocycles. The number of fused-ring (bicyclic) bond motifs is 1. The molecule has 1 aromatic carbocycles. The van der Waals surface area contributed by atoms with Crippen molar-refractivity contribution < 1.29 is 9.50 Å². The van der Waals surface area contributed by atoms with Gasteiger partial charge in [0.1, 0.15) is 5.82 Å². The van der Waals surface area contributed by atoms with E-state index < -0.39 is 0 Å². The summed E-state index contributed by atoms with van der Waals surface area (Å²) in [5.74, 6) is -0.192. The highest BCUT2D eigenvalue weighted by Crippen LogP contribution is 2.38. The molecule has 0 heterocycles. The Labute approximate surface area is 84.7 Å². The van der Waals surface area contributed by atoms with Crippen LogP contribution in [0.2, 0.25) is 0 Å². The van der Waals surface area contributed by atoms with Crippen molar-refractivity contribution in [2.24, 2.45) is 0 Å². The van der Waals surface area contributed by atoms with Gasteiger partial charge in [0.2, 0.25) is 0 Å². The van der Waals surface area contributed by atoms with Gasteiger partial charge in [-0.15, -0.1) is 0 Å². The summed E-state index contributed by atoms with van der Waals surface area (Å²) in [6.45, 7) is 0.0420. The molecule has 1 atom stereocenters. The molecule has 13 heavy (non-hydrogen) atoms. The Bertz CT molecular complexity index is 338. The summed E-state index contributed by atoms with van der Waals surface area (Å²) in [5.41, 5.74) is 1.73. The predicted molar refractivity (Wildman–Crippen MR) is 52.2 cm³/mol. The molecule has 1 aliphatic rings. The summed E-state index contributed by atoms with van der Waals surface area (Å²) in [4.78, 5) is 0. The summed E-state index contributed by atoms with van der Waals surface area (Å²) in [6, 6.07) is 3.19. The van der Waals surface area contributed by atoms with Gasteiger partial charge in [0, 0.05) is 10.4 Å². The lowest BCUT2D eigenvalue weighted by Crippen LogP contribution is -2.01. The molecule has 2 rings (SSSR count). The molecule has 0 fully saturated rings. The summed E-state index contributed by atoms with van der Waals surface area (Å²) in [5, 5.41) is 9.05. The van der Waals surface area contributed by atoms with E-state index in [2.05, 4.69) is 15.9 Å². The van der Waals surface area contributed by atoms with Crippen LogP contribution in [-0.2, 0) is 6.42 Å². The van der Waals surface area contributed by atoms with E-state index in [9.17, 15) is 4.39 Å². The molecule has 70 valence electrons. The number of hydrogen-bond donors (Lipinski definition) is 1. The van der Waals surface area contributed by atoms with E-state index in [0.29, 0.717) is 5.56 Å². The van der Waals surface area contributed by atoms with Crippen LogP contribution in [0.5, 0.6) is 0 Å². The zero-order valence-corrected chi connectivity index (χ0v) is 8.64. The molecule has 0 saturated heterocycles. The van der Waals surface area contributed by atoms with Crippen LogP contribution >= 0.6 is 15.9 Å². The number of benzene rings is 1. The second-order valence-corrected chi connectivity index (χ2v) is 4.19. The van der Waals surface area contributed by atoms with Crippen molar-refractivity contribution in [3.8, 4) is 0 Å².